The van der Waals surface area contributed by atoms with Gasteiger partial charge >= 0.3 is 0 Å². The van der Waals surface area contributed by atoms with Crippen LogP contribution in [0.15, 0.2) is 72.8 Å². The van der Waals surface area contributed by atoms with Crippen LogP contribution >= 0.6 is 7.92 Å². The highest BCUT2D eigenvalue weighted by atomic mass is 31.1. The maximum Gasteiger partial charge on any atom is 0.000762 e. The van der Waals surface area contributed by atoms with E-state index in [1.165, 1.54) is 27.6 Å². The highest BCUT2D eigenvalue weighted by Crippen LogP contribution is 2.40. The molecular weight excluding hydrogens is 295 g/mol. The molecule has 3 aromatic rings. The van der Waals surface area contributed by atoms with Crippen molar-refractivity contribution in [2.24, 2.45) is 0 Å². The molecule has 0 aliphatic carbocycles. The molecule has 1 atom stereocenters. The fourth-order valence-corrected chi connectivity index (χ4v) is 5.96. The van der Waals surface area contributed by atoms with Gasteiger partial charge in [0.1, 0.15) is 0 Å². The summed E-state index contributed by atoms with van der Waals surface area (Å²) in [6.45, 7) is 6.71. The number of benzene rings is 3. The van der Waals surface area contributed by atoms with E-state index in [1.54, 1.807) is 5.30 Å². The van der Waals surface area contributed by atoms with E-state index in [0.29, 0.717) is 0 Å². The van der Waals surface area contributed by atoms with Gasteiger partial charge in [-0.15, -0.1) is 0 Å². The van der Waals surface area contributed by atoms with Crippen molar-refractivity contribution in [3.8, 4) is 0 Å². The molecule has 0 saturated heterocycles. The Kier molecular flexibility index (Phi) is 4.94. The molecule has 1 unspecified atom stereocenters. The normalized spacial score (nSPS) is 12.1. The Bertz CT molecular complexity index is 753. The monoisotopic (exact) mass is 318 g/mol. The van der Waals surface area contributed by atoms with Crippen molar-refractivity contribution < 1.29 is 0 Å². The van der Waals surface area contributed by atoms with Crippen LogP contribution in [0.1, 0.15) is 22.3 Å². The largest absolute Gasteiger partial charge is 0.0622 e. The van der Waals surface area contributed by atoms with Crippen LogP contribution in [0.25, 0.3) is 0 Å². The lowest BCUT2D eigenvalue weighted by molar-refractivity contribution is 1.34. The zero-order valence-corrected chi connectivity index (χ0v) is 15.0. The van der Waals surface area contributed by atoms with Gasteiger partial charge in [0, 0.05) is 6.16 Å². The summed E-state index contributed by atoms with van der Waals surface area (Å²) >= 11 is 0. The van der Waals surface area contributed by atoms with Crippen molar-refractivity contribution >= 4 is 18.5 Å². The second-order valence-electron chi connectivity index (χ2n) is 6.15. The van der Waals surface area contributed by atoms with Crippen molar-refractivity contribution in [2.45, 2.75) is 26.9 Å². The molecule has 0 N–H and O–H groups in total. The molecule has 0 radical (unpaired) electrons. The molecule has 0 aromatic heterocycles. The topological polar surface area (TPSA) is 0 Å². The van der Waals surface area contributed by atoms with Gasteiger partial charge in [-0.1, -0.05) is 78.4 Å². The van der Waals surface area contributed by atoms with Gasteiger partial charge in [-0.3, -0.25) is 0 Å². The van der Waals surface area contributed by atoms with Crippen LogP contribution in [0.4, 0.5) is 0 Å². The van der Waals surface area contributed by atoms with E-state index in [4.69, 9.17) is 0 Å². The van der Waals surface area contributed by atoms with Crippen LogP contribution in [0.3, 0.4) is 0 Å². The van der Waals surface area contributed by atoms with E-state index < -0.39 is 0 Å². The Labute approximate surface area is 141 Å². The van der Waals surface area contributed by atoms with Crippen molar-refractivity contribution in [1.29, 1.82) is 0 Å². The first-order chi connectivity index (χ1) is 11.1. The van der Waals surface area contributed by atoms with E-state index in [-0.39, 0.29) is 7.92 Å². The molecule has 0 fully saturated rings. The summed E-state index contributed by atoms with van der Waals surface area (Å²) in [5, 5.41) is 3.00. The van der Waals surface area contributed by atoms with Gasteiger partial charge in [-0.05, 0) is 56.0 Å². The first-order valence-electron chi connectivity index (χ1n) is 8.09. The van der Waals surface area contributed by atoms with Crippen LogP contribution in [0.5, 0.6) is 0 Å². The average Bonchev–Trinajstić information content (AvgIpc) is 2.55. The zero-order valence-electron chi connectivity index (χ0n) is 14.1. The smallest absolute Gasteiger partial charge is 0.000762 e. The number of aryl methyl sites for hydroxylation is 3. The summed E-state index contributed by atoms with van der Waals surface area (Å²) in [4.78, 5) is 0. The van der Waals surface area contributed by atoms with Gasteiger partial charge < -0.3 is 0 Å². The molecule has 0 amide bonds. The predicted molar refractivity (Wildman–Crippen MR) is 103 cm³/mol. The second kappa shape index (κ2) is 7.11. The molecule has 0 bridgehead atoms. The third-order valence-electron chi connectivity index (χ3n) is 4.16. The highest BCUT2D eigenvalue weighted by Gasteiger charge is 2.18. The predicted octanol–water partition coefficient (Wildman–Crippen LogP) is 5.24. The Morgan fingerprint density at radius 1 is 0.696 bits per heavy atom. The summed E-state index contributed by atoms with van der Waals surface area (Å²) < 4.78 is 0. The third-order valence-corrected chi connectivity index (χ3v) is 7.00. The minimum atomic E-state index is -0.381. The van der Waals surface area contributed by atoms with E-state index in [1.807, 2.05) is 0 Å². The van der Waals surface area contributed by atoms with E-state index >= 15 is 0 Å². The summed E-state index contributed by atoms with van der Waals surface area (Å²) in [5.41, 5.74) is 5.62. The Morgan fingerprint density at radius 2 is 1.22 bits per heavy atom. The van der Waals surface area contributed by atoms with Crippen molar-refractivity contribution in [3.05, 3.63) is 95.1 Å². The summed E-state index contributed by atoms with van der Waals surface area (Å²) in [5.74, 6) is 0. The lowest BCUT2D eigenvalue weighted by Gasteiger charge is -2.23. The van der Waals surface area contributed by atoms with Crippen molar-refractivity contribution in [3.63, 3.8) is 0 Å². The van der Waals surface area contributed by atoms with Gasteiger partial charge in [0.15, 0.2) is 0 Å². The molecular formula is C22H23P. The molecule has 3 aromatic carbocycles. The third kappa shape index (κ3) is 3.71. The minimum Gasteiger partial charge on any atom is -0.0622 e. The lowest BCUT2D eigenvalue weighted by Crippen LogP contribution is -2.18. The van der Waals surface area contributed by atoms with E-state index in [0.717, 1.165) is 6.16 Å². The second-order valence-corrected chi connectivity index (χ2v) is 8.29. The fourth-order valence-electron chi connectivity index (χ4n) is 3.27. The van der Waals surface area contributed by atoms with E-state index in [2.05, 4.69) is 93.6 Å². The Morgan fingerprint density at radius 3 is 1.78 bits per heavy atom. The molecule has 1 heteroatoms. The fraction of sp³-hybridized carbons (Fsp3) is 0.182. The number of hydrogen-bond donors (Lipinski definition) is 0. The molecule has 0 heterocycles. The molecule has 0 aliphatic rings. The molecule has 0 nitrogen and oxygen atoms in total. The molecule has 0 saturated carbocycles. The Balaban J connectivity index is 2.09. The Hall–Kier alpha value is -1.91. The number of rotatable bonds is 4. The average molecular weight is 318 g/mol. The van der Waals surface area contributed by atoms with Crippen LogP contribution in [0.2, 0.25) is 0 Å². The summed E-state index contributed by atoms with van der Waals surface area (Å²) in [7, 11) is -0.381. The van der Waals surface area contributed by atoms with Gasteiger partial charge in [0.25, 0.3) is 0 Å². The van der Waals surface area contributed by atoms with Crippen LogP contribution in [-0.4, -0.2) is 0 Å². The molecule has 23 heavy (non-hydrogen) atoms. The lowest BCUT2D eigenvalue weighted by atomic mass is 10.1. The maximum atomic E-state index is 2.32. The standard InChI is InChI=1S/C22H23P/c1-17-14-18(2)22(19(3)15-17)23(21-12-8-5-9-13-21)16-20-10-6-4-7-11-20/h4-15H,16H2,1-3H3. The van der Waals surface area contributed by atoms with Crippen molar-refractivity contribution in [2.75, 3.05) is 0 Å². The van der Waals surface area contributed by atoms with Gasteiger partial charge in [0.05, 0.1) is 0 Å². The molecule has 116 valence electrons. The first kappa shape index (κ1) is 16.0. The van der Waals surface area contributed by atoms with Crippen LogP contribution in [-0.2, 0) is 6.16 Å². The van der Waals surface area contributed by atoms with Gasteiger partial charge in [-0.2, -0.15) is 0 Å². The quantitative estimate of drug-likeness (QED) is 0.577. The SMILES string of the molecule is Cc1cc(C)c(P(Cc2ccccc2)c2ccccc2)c(C)c1. The first-order valence-corrected chi connectivity index (χ1v) is 9.62. The highest BCUT2D eigenvalue weighted by molar-refractivity contribution is 7.72. The number of hydrogen-bond acceptors (Lipinski definition) is 0. The minimum absolute atomic E-state index is 0.381. The zero-order chi connectivity index (χ0) is 16.2. The van der Waals surface area contributed by atoms with Gasteiger partial charge in [0.2, 0.25) is 0 Å². The molecule has 0 spiro atoms. The maximum absolute atomic E-state index is 2.32. The van der Waals surface area contributed by atoms with Gasteiger partial charge in [-0.25, -0.2) is 0 Å². The van der Waals surface area contributed by atoms with Crippen molar-refractivity contribution in [1.82, 2.24) is 0 Å². The van der Waals surface area contributed by atoms with Crippen LogP contribution in [0, 0.1) is 20.8 Å². The molecule has 0 aliphatic heterocycles. The summed E-state index contributed by atoms with van der Waals surface area (Å²) in [6.07, 6.45) is 1.10. The molecule has 3 rings (SSSR count). The summed E-state index contributed by atoms with van der Waals surface area (Å²) in [6, 6.07) is 26.5. The van der Waals surface area contributed by atoms with Crippen LogP contribution < -0.4 is 10.6 Å². The van der Waals surface area contributed by atoms with E-state index in [9.17, 15) is 0 Å².